The molecule has 4 nitrogen and oxygen atoms in total. The van der Waals surface area contributed by atoms with Crippen molar-refractivity contribution in [3.63, 3.8) is 0 Å². The quantitative estimate of drug-likeness (QED) is 0.754. The lowest BCUT2D eigenvalue weighted by Crippen LogP contribution is -2.10. The summed E-state index contributed by atoms with van der Waals surface area (Å²) >= 11 is 11.0. The highest BCUT2D eigenvalue weighted by molar-refractivity contribution is 7.80. The summed E-state index contributed by atoms with van der Waals surface area (Å²) in [4.78, 5) is 0. The van der Waals surface area contributed by atoms with Crippen LogP contribution in [0.1, 0.15) is 0 Å². The predicted octanol–water partition coefficient (Wildman–Crippen LogP) is 5.08. The molecule has 0 aliphatic heterocycles. The van der Waals surface area contributed by atoms with Crippen LogP contribution in [0.15, 0.2) is 42.5 Å². The highest BCUT2D eigenvalue weighted by atomic mass is 35.5. The lowest BCUT2D eigenvalue weighted by atomic mass is 10.3. The SMILES string of the molecule is COC(=S)Nc1ccc(Oc2ccc(OC(F)F)cc2)c(Cl)c1. The number of rotatable bonds is 5. The highest BCUT2D eigenvalue weighted by Gasteiger charge is 2.07. The fourth-order valence-electron chi connectivity index (χ4n) is 1.65. The summed E-state index contributed by atoms with van der Waals surface area (Å²) < 4.78 is 38.8. The van der Waals surface area contributed by atoms with E-state index in [0.717, 1.165) is 0 Å². The van der Waals surface area contributed by atoms with Crippen LogP contribution in [-0.2, 0) is 4.74 Å². The van der Waals surface area contributed by atoms with Crippen molar-refractivity contribution in [3.05, 3.63) is 47.5 Å². The molecule has 1 N–H and O–H groups in total. The molecule has 0 amide bonds. The number of methoxy groups -OCH3 is 1. The van der Waals surface area contributed by atoms with Gasteiger partial charge in [-0.3, -0.25) is 0 Å². The van der Waals surface area contributed by atoms with Gasteiger partial charge in [-0.15, -0.1) is 0 Å². The van der Waals surface area contributed by atoms with E-state index in [1.807, 2.05) is 0 Å². The number of nitrogens with one attached hydrogen (secondary N) is 1. The lowest BCUT2D eigenvalue weighted by Gasteiger charge is -2.11. The van der Waals surface area contributed by atoms with E-state index in [9.17, 15) is 8.78 Å². The summed E-state index contributed by atoms with van der Waals surface area (Å²) in [5.74, 6) is 0.885. The predicted molar refractivity (Wildman–Crippen MR) is 87.8 cm³/mol. The third kappa shape index (κ3) is 5.22. The molecule has 0 fully saturated rings. The molecule has 0 radical (unpaired) electrons. The largest absolute Gasteiger partial charge is 0.474 e. The molecular formula is C15H12ClF2NO3S. The smallest absolute Gasteiger partial charge is 0.387 e. The van der Waals surface area contributed by atoms with Gasteiger partial charge in [-0.25, -0.2) is 0 Å². The van der Waals surface area contributed by atoms with Crippen LogP contribution >= 0.6 is 23.8 Å². The van der Waals surface area contributed by atoms with E-state index in [4.69, 9.17) is 33.3 Å². The van der Waals surface area contributed by atoms with Crippen molar-refractivity contribution in [2.45, 2.75) is 6.61 Å². The van der Waals surface area contributed by atoms with Crippen molar-refractivity contribution >= 4 is 34.7 Å². The first-order valence-corrected chi connectivity index (χ1v) is 7.14. The molecular weight excluding hydrogens is 348 g/mol. The number of anilines is 1. The fourth-order valence-corrected chi connectivity index (χ4v) is 1.98. The van der Waals surface area contributed by atoms with Crippen LogP contribution in [0.4, 0.5) is 14.5 Å². The monoisotopic (exact) mass is 359 g/mol. The van der Waals surface area contributed by atoms with E-state index < -0.39 is 6.61 Å². The summed E-state index contributed by atoms with van der Waals surface area (Å²) in [6.45, 7) is -2.87. The molecule has 0 aliphatic carbocycles. The Hall–Kier alpha value is -2.12. The third-order valence-electron chi connectivity index (χ3n) is 2.64. The first-order chi connectivity index (χ1) is 11.0. The van der Waals surface area contributed by atoms with E-state index >= 15 is 0 Å². The molecule has 0 atom stereocenters. The fraction of sp³-hybridized carbons (Fsp3) is 0.133. The number of halogens is 3. The van der Waals surface area contributed by atoms with Crippen LogP contribution in [0.25, 0.3) is 0 Å². The molecule has 2 aromatic carbocycles. The molecule has 2 rings (SSSR count). The van der Waals surface area contributed by atoms with Gasteiger partial charge in [0.05, 0.1) is 12.1 Å². The van der Waals surface area contributed by atoms with E-state index in [1.165, 1.54) is 31.4 Å². The number of benzene rings is 2. The zero-order valence-corrected chi connectivity index (χ0v) is 13.5. The Morgan fingerprint density at radius 1 is 1.13 bits per heavy atom. The van der Waals surface area contributed by atoms with Gasteiger partial charge in [-0.2, -0.15) is 8.78 Å². The van der Waals surface area contributed by atoms with Gasteiger partial charge in [0.2, 0.25) is 0 Å². The first-order valence-electron chi connectivity index (χ1n) is 6.35. The Balaban J connectivity index is 2.06. The van der Waals surface area contributed by atoms with Crippen molar-refractivity contribution in [1.82, 2.24) is 0 Å². The Labute approximate surface area is 141 Å². The van der Waals surface area contributed by atoms with Crippen molar-refractivity contribution in [3.8, 4) is 17.2 Å². The van der Waals surface area contributed by atoms with E-state index in [-0.39, 0.29) is 10.9 Å². The maximum absolute atomic E-state index is 12.1. The van der Waals surface area contributed by atoms with Crippen molar-refractivity contribution in [2.75, 3.05) is 12.4 Å². The second kappa shape index (κ2) is 7.94. The Bertz CT molecular complexity index is 683. The van der Waals surface area contributed by atoms with Gasteiger partial charge < -0.3 is 19.5 Å². The Kier molecular flexibility index (Phi) is 5.95. The normalized spacial score (nSPS) is 10.3. The third-order valence-corrected chi connectivity index (χ3v) is 3.20. The van der Waals surface area contributed by atoms with Crippen LogP contribution in [-0.4, -0.2) is 18.9 Å². The minimum Gasteiger partial charge on any atom is -0.474 e. The van der Waals surface area contributed by atoms with Gasteiger partial charge >= 0.3 is 6.61 Å². The second-order valence-electron chi connectivity index (χ2n) is 4.21. The molecule has 0 spiro atoms. The first kappa shape index (κ1) is 17.2. The highest BCUT2D eigenvalue weighted by Crippen LogP contribution is 2.32. The van der Waals surface area contributed by atoms with Gasteiger partial charge in [0.15, 0.2) is 0 Å². The molecule has 23 heavy (non-hydrogen) atoms. The van der Waals surface area contributed by atoms with Gasteiger partial charge in [-0.1, -0.05) is 11.6 Å². The zero-order chi connectivity index (χ0) is 16.8. The summed E-state index contributed by atoms with van der Waals surface area (Å²) in [7, 11) is 1.45. The average molecular weight is 360 g/mol. The molecule has 0 saturated carbocycles. The molecule has 0 unspecified atom stereocenters. The second-order valence-corrected chi connectivity index (χ2v) is 4.99. The van der Waals surface area contributed by atoms with Crippen molar-refractivity contribution in [1.29, 1.82) is 0 Å². The van der Waals surface area contributed by atoms with Crippen LogP contribution in [0.3, 0.4) is 0 Å². The molecule has 122 valence electrons. The number of ether oxygens (including phenoxy) is 3. The molecule has 8 heteroatoms. The van der Waals surface area contributed by atoms with Gasteiger partial charge in [0.1, 0.15) is 17.2 Å². The zero-order valence-electron chi connectivity index (χ0n) is 11.9. The molecule has 0 saturated heterocycles. The van der Waals surface area contributed by atoms with Crippen molar-refractivity contribution in [2.24, 2.45) is 0 Å². The summed E-state index contributed by atoms with van der Waals surface area (Å²) in [5, 5.41) is 3.39. The van der Waals surface area contributed by atoms with E-state index in [0.29, 0.717) is 22.2 Å². The average Bonchev–Trinajstić information content (AvgIpc) is 2.51. The standard InChI is InChI=1S/C15H12ClF2NO3S/c1-20-15(23)19-9-2-7-13(12(16)8-9)21-10-3-5-11(6-4-10)22-14(17)18/h2-8,14H,1H3,(H,19,23). The maximum atomic E-state index is 12.1. The molecule has 0 aromatic heterocycles. The number of hydrogen-bond donors (Lipinski definition) is 1. The van der Waals surface area contributed by atoms with Crippen LogP contribution in [0.5, 0.6) is 17.2 Å². The molecule has 0 bridgehead atoms. The van der Waals surface area contributed by atoms with Crippen LogP contribution in [0, 0.1) is 0 Å². The van der Waals surface area contributed by atoms with E-state index in [2.05, 4.69) is 10.1 Å². The van der Waals surface area contributed by atoms with Crippen LogP contribution < -0.4 is 14.8 Å². The maximum Gasteiger partial charge on any atom is 0.387 e. The summed E-state index contributed by atoms with van der Waals surface area (Å²) in [6, 6.07) is 10.7. The van der Waals surface area contributed by atoms with Gasteiger partial charge in [0.25, 0.3) is 5.17 Å². The Morgan fingerprint density at radius 3 is 2.35 bits per heavy atom. The molecule has 0 heterocycles. The van der Waals surface area contributed by atoms with Crippen molar-refractivity contribution < 1.29 is 23.0 Å². The topological polar surface area (TPSA) is 39.7 Å². The van der Waals surface area contributed by atoms with E-state index in [1.54, 1.807) is 18.2 Å². The molecule has 2 aromatic rings. The summed E-state index contributed by atoms with van der Waals surface area (Å²) in [6.07, 6.45) is 0. The lowest BCUT2D eigenvalue weighted by molar-refractivity contribution is -0.0498. The summed E-state index contributed by atoms with van der Waals surface area (Å²) in [5.41, 5.74) is 0.648. The van der Waals surface area contributed by atoms with Gasteiger partial charge in [-0.05, 0) is 54.7 Å². The number of alkyl halides is 2. The minimum absolute atomic E-state index is 0.0473. The van der Waals surface area contributed by atoms with Crippen LogP contribution in [0.2, 0.25) is 5.02 Å². The van der Waals surface area contributed by atoms with Gasteiger partial charge in [0, 0.05) is 5.69 Å². The minimum atomic E-state index is -2.87. The number of thiocarbonyl (C=S) groups is 1. The number of hydrogen-bond acceptors (Lipinski definition) is 4. The Morgan fingerprint density at radius 2 is 1.78 bits per heavy atom. The molecule has 0 aliphatic rings.